The van der Waals surface area contributed by atoms with Gasteiger partial charge in [-0.1, -0.05) is 41.0 Å². The smallest absolute Gasteiger partial charge is 0.167 e. The first kappa shape index (κ1) is 15.6. The molecule has 22 heavy (non-hydrogen) atoms. The average Bonchev–Trinajstić information content (AvgIpc) is 2.66. The summed E-state index contributed by atoms with van der Waals surface area (Å²) in [6.07, 6.45) is 3.44. The molecule has 0 bridgehead atoms. The third-order valence-electron chi connectivity index (χ3n) is 6.07. The first-order valence-corrected chi connectivity index (χ1v) is 8.49. The number of methoxy groups -OCH3 is 1. The van der Waals surface area contributed by atoms with E-state index < -0.39 is 0 Å². The highest BCUT2D eigenvalue weighted by atomic mass is 16.5. The topological polar surface area (TPSA) is 26.3 Å². The molecule has 0 spiro atoms. The van der Waals surface area contributed by atoms with Crippen LogP contribution in [0.3, 0.4) is 0 Å². The minimum absolute atomic E-state index is 0.0308. The van der Waals surface area contributed by atoms with Gasteiger partial charge >= 0.3 is 0 Å². The maximum atomic E-state index is 13.2. The third kappa shape index (κ3) is 1.96. The van der Waals surface area contributed by atoms with E-state index in [2.05, 4.69) is 46.8 Å². The predicted molar refractivity (Wildman–Crippen MR) is 89.9 cm³/mol. The number of ether oxygens (including phenoxy) is 1. The van der Waals surface area contributed by atoms with Crippen molar-refractivity contribution in [2.45, 2.75) is 65.2 Å². The lowest BCUT2D eigenvalue weighted by Crippen LogP contribution is -2.44. The van der Waals surface area contributed by atoms with E-state index in [4.69, 9.17) is 4.74 Å². The molecule has 2 nitrogen and oxygen atoms in total. The van der Waals surface area contributed by atoms with Crippen LogP contribution >= 0.6 is 0 Å². The van der Waals surface area contributed by atoms with Crippen molar-refractivity contribution in [1.82, 2.24) is 0 Å². The number of fused-ring (bicyclic) bond motifs is 3. The zero-order valence-corrected chi connectivity index (χ0v) is 14.7. The minimum atomic E-state index is -0.0308. The van der Waals surface area contributed by atoms with Gasteiger partial charge in [-0.3, -0.25) is 4.79 Å². The number of hydrogen-bond donors (Lipinski definition) is 0. The summed E-state index contributed by atoms with van der Waals surface area (Å²) in [6.45, 7) is 11.1. The number of hydrogen-bond acceptors (Lipinski definition) is 2. The Morgan fingerprint density at radius 1 is 1.18 bits per heavy atom. The first-order valence-electron chi connectivity index (χ1n) is 8.49. The molecule has 0 aromatic heterocycles. The van der Waals surface area contributed by atoms with Crippen LogP contribution in [0.25, 0.3) is 0 Å². The Bertz CT molecular complexity index is 627. The van der Waals surface area contributed by atoms with Crippen LogP contribution in [-0.4, -0.2) is 12.9 Å². The number of carbonyl (C=O) groups excluding carboxylic acids is 1. The molecule has 1 aromatic rings. The number of ketones is 1. The zero-order valence-electron chi connectivity index (χ0n) is 14.7. The van der Waals surface area contributed by atoms with Gasteiger partial charge in [-0.2, -0.15) is 0 Å². The van der Waals surface area contributed by atoms with Crippen molar-refractivity contribution in [3.8, 4) is 5.75 Å². The van der Waals surface area contributed by atoms with Crippen molar-refractivity contribution in [1.29, 1.82) is 0 Å². The van der Waals surface area contributed by atoms with E-state index in [9.17, 15) is 4.79 Å². The molecule has 1 aromatic carbocycles. The fourth-order valence-corrected chi connectivity index (χ4v) is 5.05. The maximum Gasteiger partial charge on any atom is 0.167 e. The molecule has 120 valence electrons. The van der Waals surface area contributed by atoms with Gasteiger partial charge in [-0.15, -0.1) is 0 Å². The van der Waals surface area contributed by atoms with E-state index in [1.807, 2.05) is 0 Å². The Balaban J connectivity index is 2.23. The Morgan fingerprint density at radius 3 is 2.45 bits per heavy atom. The van der Waals surface area contributed by atoms with Gasteiger partial charge < -0.3 is 4.74 Å². The standard InChI is InChI=1S/C20H28O2/c1-12(2)13-10-14-15(11-16(13)22-6)20(5)9-7-8-19(3,4)18(20)17(14)21/h10-12,18H,7-9H2,1-6H3/t18-,20-/m0/s1. The lowest BCUT2D eigenvalue weighted by Gasteiger charge is -2.46. The number of Topliss-reactive ketones (excluding diaryl/α,β-unsaturated/α-hetero) is 1. The van der Waals surface area contributed by atoms with E-state index in [0.717, 1.165) is 29.7 Å². The van der Waals surface area contributed by atoms with E-state index >= 15 is 0 Å². The summed E-state index contributed by atoms with van der Waals surface area (Å²) in [6, 6.07) is 4.27. The van der Waals surface area contributed by atoms with Gasteiger partial charge in [0.05, 0.1) is 7.11 Å². The highest BCUT2D eigenvalue weighted by Crippen LogP contribution is 2.59. The monoisotopic (exact) mass is 300 g/mol. The predicted octanol–water partition coefficient (Wildman–Crippen LogP) is 5.10. The normalized spacial score (nSPS) is 29.4. The highest BCUT2D eigenvalue weighted by molar-refractivity contribution is 6.05. The molecule has 2 atom stereocenters. The Morgan fingerprint density at radius 2 is 1.86 bits per heavy atom. The molecule has 0 radical (unpaired) electrons. The summed E-state index contributed by atoms with van der Waals surface area (Å²) in [5.74, 6) is 1.76. The summed E-state index contributed by atoms with van der Waals surface area (Å²) >= 11 is 0. The molecule has 2 aliphatic rings. The maximum absolute atomic E-state index is 13.2. The fraction of sp³-hybridized carbons (Fsp3) is 0.650. The van der Waals surface area contributed by atoms with Crippen LogP contribution in [-0.2, 0) is 5.41 Å². The first-order chi connectivity index (χ1) is 10.2. The molecule has 0 heterocycles. The number of benzene rings is 1. The zero-order chi connectivity index (χ0) is 16.3. The lowest BCUT2D eigenvalue weighted by molar-refractivity contribution is 0.0500. The molecule has 0 N–H and O–H groups in total. The summed E-state index contributed by atoms with van der Waals surface area (Å²) in [7, 11) is 1.73. The molecule has 3 rings (SSSR count). The van der Waals surface area contributed by atoms with Crippen LogP contribution < -0.4 is 4.74 Å². The largest absolute Gasteiger partial charge is 0.496 e. The van der Waals surface area contributed by atoms with Crippen molar-refractivity contribution in [2.75, 3.05) is 7.11 Å². The van der Waals surface area contributed by atoms with Gasteiger partial charge in [0.15, 0.2) is 5.78 Å². The quantitative estimate of drug-likeness (QED) is 0.759. The molecule has 1 saturated carbocycles. The second kappa shape index (κ2) is 4.84. The van der Waals surface area contributed by atoms with Crippen LogP contribution in [0.4, 0.5) is 0 Å². The average molecular weight is 300 g/mol. The van der Waals surface area contributed by atoms with Crippen LogP contribution in [0.15, 0.2) is 12.1 Å². The second-order valence-corrected chi connectivity index (χ2v) is 8.35. The van der Waals surface area contributed by atoms with Crippen molar-refractivity contribution in [2.24, 2.45) is 11.3 Å². The van der Waals surface area contributed by atoms with Crippen LogP contribution in [0, 0.1) is 11.3 Å². The molecule has 0 saturated heterocycles. The number of carbonyl (C=O) groups is 1. The van der Waals surface area contributed by atoms with Crippen LogP contribution in [0.2, 0.25) is 0 Å². The van der Waals surface area contributed by atoms with Gasteiger partial charge in [-0.25, -0.2) is 0 Å². The highest BCUT2D eigenvalue weighted by Gasteiger charge is 2.56. The molecule has 2 heteroatoms. The van der Waals surface area contributed by atoms with E-state index in [-0.39, 0.29) is 16.7 Å². The molecular formula is C20H28O2. The molecule has 0 unspecified atom stereocenters. The van der Waals surface area contributed by atoms with Crippen LogP contribution in [0.1, 0.15) is 81.3 Å². The molecule has 0 aliphatic heterocycles. The van der Waals surface area contributed by atoms with Gasteiger partial charge in [0.25, 0.3) is 0 Å². The molecule has 2 aliphatic carbocycles. The van der Waals surface area contributed by atoms with Gasteiger partial charge in [0.2, 0.25) is 0 Å². The Hall–Kier alpha value is -1.31. The van der Waals surface area contributed by atoms with E-state index in [1.165, 1.54) is 12.0 Å². The summed E-state index contributed by atoms with van der Waals surface area (Å²) < 4.78 is 5.63. The van der Waals surface area contributed by atoms with Crippen molar-refractivity contribution >= 4 is 5.78 Å². The SMILES string of the molecule is COc1cc2c(cc1C(C)C)C(=O)[C@H]1C(C)(C)CCC[C@@]21C. The lowest BCUT2D eigenvalue weighted by atomic mass is 9.56. The Labute approximate surface area is 134 Å². The van der Waals surface area contributed by atoms with Crippen molar-refractivity contribution in [3.63, 3.8) is 0 Å². The van der Waals surface area contributed by atoms with E-state index in [1.54, 1.807) is 7.11 Å². The minimum Gasteiger partial charge on any atom is -0.496 e. The second-order valence-electron chi connectivity index (χ2n) is 8.35. The fourth-order valence-electron chi connectivity index (χ4n) is 5.05. The van der Waals surface area contributed by atoms with Gasteiger partial charge in [0.1, 0.15) is 5.75 Å². The Kier molecular flexibility index (Phi) is 3.43. The summed E-state index contributed by atoms with van der Waals surface area (Å²) in [5, 5.41) is 0. The van der Waals surface area contributed by atoms with Gasteiger partial charge in [0, 0.05) is 16.9 Å². The summed E-state index contributed by atoms with van der Waals surface area (Å²) in [4.78, 5) is 13.2. The van der Waals surface area contributed by atoms with Gasteiger partial charge in [-0.05, 0) is 47.4 Å². The third-order valence-corrected chi connectivity index (χ3v) is 6.07. The molecule has 0 amide bonds. The van der Waals surface area contributed by atoms with E-state index in [0.29, 0.717) is 11.7 Å². The van der Waals surface area contributed by atoms with Crippen LogP contribution in [0.5, 0.6) is 5.75 Å². The van der Waals surface area contributed by atoms with Crippen molar-refractivity contribution in [3.05, 3.63) is 28.8 Å². The van der Waals surface area contributed by atoms with Crippen molar-refractivity contribution < 1.29 is 9.53 Å². The molecular weight excluding hydrogens is 272 g/mol. The number of rotatable bonds is 2. The summed E-state index contributed by atoms with van der Waals surface area (Å²) in [5.41, 5.74) is 3.36. The molecule has 1 fully saturated rings.